The van der Waals surface area contributed by atoms with Crippen LogP contribution in [0.4, 0.5) is 0 Å². The van der Waals surface area contributed by atoms with Crippen molar-refractivity contribution in [2.24, 2.45) is 0 Å². The summed E-state index contributed by atoms with van der Waals surface area (Å²) in [6, 6.07) is 0. The first-order valence-corrected chi connectivity index (χ1v) is 4.81. The van der Waals surface area contributed by atoms with Crippen LogP contribution in [-0.4, -0.2) is 30.4 Å². The van der Waals surface area contributed by atoms with Gasteiger partial charge in [-0.2, -0.15) is 12.6 Å². The average Bonchev–Trinajstić information content (AvgIpc) is 2.09. The van der Waals surface area contributed by atoms with E-state index >= 15 is 0 Å². The van der Waals surface area contributed by atoms with Gasteiger partial charge >= 0.3 is 11.9 Å². The van der Waals surface area contributed by atoms with E-state index in [1.54, 1.807) is 0 Å². The smallest absolute Gasteiger partial charge is 0.307 e. The summed E-state index contributed by atoms with van der Waals surface area (Å²) in [7, 11) is 0. The van der Waals surface area contributed by atoms with Crippen molar-refractivity contribution in [3.8, 4) is 0 Å². The van der Waals surface area contributed by atoms with Gasteiger partial charge in [-0.05, 0) is 6.42 Å². The molecule has 0 aromatic heterocycles. The van der Waals surface area contributed by atoms with E-state index in [0.717, 1.165) is 0 Å². The van der Waals surface area contributed by atoms with Gasteiger partial charge < -0.3 is 9.47 Å². The van der Waals surface area contributed by atoms with Crippen molar-refractivity contribution < 1.29 is 19.1 Å². The lowest BCUT2D eigenvalue weighted by atomic mass is 10.2. The molecule has 1 atom stereocenters. The molecule has 1 rings (SSSR count). The fourth-order valence-electron chi connectivity index (χ4n) is 1.05. The maximum atomic E-state index is 11.0. The summed E-state index contributed by atoms with van der Waals surface area (Å²) >= 11 is 3.91. The van der Waals surface area contributed by atoms with Crippen LogP contribution in [0.15, 0.2) is 0 Å². The summed E-state index contributed by atoms with van der Waals surface area (Å²) in [5.41, 5.74) is 0. The molecule has 5 heteroatoms. The Balaban J connectivity index is 2.22. The van der Waals surface area contributed by atoms with E-state index in [2.05, 4.69) is 12.6 Å². The van der Waals surface area contributed by atoms with Crippen LogP contribution in [0, 0.1) is 0 Å². The topological polar surface area (TPSA) is 52.6 Å². The lowest BCUT2D eigenvalue weighted by Gasteiger charge is -2.21. The molecule has 0 aromatic carbocycles. The highest BCUT2D eigenvalue weighted by Gasteiger charge is 2.22. The number of cyclic esters (lactones) is 1. The van der Waals surface area contributed by atoms with Gasteiger partial charge in [-0.1, -0.05) is 0 Å². The van der Waals surface area contributed by atoms with Gasteiger partial charge in [0.15, 0.2) is 0 Å². The third-order valence-corrected chi connectivity index (χ3v) is 1.94. The number of thiol groups is 1. The Morgan fingerprint density at radius 1 is 1.69 bits per heavy atom. The van der Waals surface area contributed by atoms with Crippen LogP contribution in [0.3, 0.4) is 0 Å². The molecule has 0 aliphatic carbocycles. The van der Waals surface area contributed by atoms with Gasteiger partial charge in [0.05, 0.1) is 6.42 Å². The lowest BCUT2D eigenvalue weighted by Crippen LogP contribution is -2.30. The second-order valence-corrected chi connectivity index (χ2v) is 3.25. The van der Waals surface area contributed by atoms with Crippen molar-refractivity contribution >= 4 is 24.6 Å². The van der Waals surface area contributed by atoms with Crippen molar-refractivity contribution in [1.29, 1.82) is 0 Å². The van der Waals surface area contributed by atoms with Crippen LogP contribution in [0.25, 0.3) is 0 Å². The maximum absolute atomic E-state index is 11.0. The van der Waals surface area contributed by atoms with E-state index in [1.807, 2.05) is 0 Å². The van der Waals surface area contributed by atoms with Crippen LogP contribution in [-0.2, 0) is 19.1 Å². The molecular formula is C8H12O4S. The first-order valence-electron chi connectivity index (χ1n) is 4.18. The fourth-order valence-corrected chi connectivity index (χ4v) is 1.23. The normalized spacial score (nSPS) is 22.2. The summed E-state index contributed by atoms with van der Waals surface area (Å²) in [5.74, 6) is -0.0230. The second-order valence-electron chi connectivity index (χ2n) is 2.81. The Labute approximate surface area is 82.0 Å². The minimum atomic E-state index is -0.280. The Kier molecular flexibility index (Phi) is 4.08. The van der Waals surface area contributed by atoms with Crippen molar-refractivity contribution in [3.05, 3.63) is 0 Å². The Bertz CT molecular complexity index is 194. The zero-order chi connectivity index (χ0) is 9.68. The van der Waals surface area contributed by atoms with Crippen LogP contribution in [0.1, 0.15) is 19.3 Å². The van der Waals surface area contributed by atoms with Crippen LogP contribution < -0.4 is 0 Å². The molecule has 0 amide bonds. The predicted octanol–water partition coefficient (Wildman–Crippen LogP) is 0.555. The molecule has 0 aromatic rings. The monoisotopic (exact) mass is 204 g/mol. The van der Waals surface area contributed by atoms with E-state index in [9.17, 15) is 9.59 Å². The first kappa shape index (κ1) is 10.4. The fraction of sp³-hybridized carbons (Fsp3) is 0.750. The van der Waals surface area contributed by atoms with Crippen LogP contribution >= 0.6 is 12.6 Å². The number of hydrogen-bond acceptors (Lipinski definition) is 5. The quantitative estimate of drug-likeness (QED) is 0.539. The predicted molar refractivity (Wildman–Crippen MR) is 48.5 cm³/mol. The molecule has 0 spiro atoms. The summed E-state index contributed by atoms with van der Waals surface area (Å²) in [5, 5.41) is 0. The van der Waals surface area contributed by atoms with Crippen molar-refractivity contribution in [2.45, 2.75) is 25.4 Å². The van der Waals surface area contributed by atoms with E-state index in [4.69, 9.17) is 9.47 Å². The minimum absolute atomic E-state index is 0.192. The lowest BCUT2D eigenvalue weighted by molar-refractivity contribution is -0.165. The maximum Gasteiger partial charge on any atom is 0.307 e. The Morgan fingerprint density at radius 3 is 3.00 bits per heavy atom. The van der Waals surface area contributed by atoms with E-state index in [-0.39, 0.29) is 24.6 Å². The van der Waals surface area contributed by atoms with Gasteiger partial charge in [-0.25, -0.2) is 0 Å². The molecule has 0 bridgehead atoms. The summed E-state index contributed by atoms with van der Waals surface area (Å²) in [6.07, 6.45) is 0.939. The van der Waals surface area contributed by atoms with Crippen molar-refractivity contribution in [1.82, 2.24) is 0 Å². The third kappa shape index (κ3) is 3.67. The molecule has 0 saturated carbocycles. The number of esters is 2. The molecule has 13 heavy (non-hydrogen) atoms. The van der Waals surface area contributed by atoms with E-state index in [0.29, 0.717) is 25.0 Å². The van der Waals surface area contributed by atoms with Gasteiger partial charge in [0.25, 0.3) is 0 Å². The standard InChI is InChI=1S/C8H12O4S/c9-7-2-1-6(5-11-7)12-8(10)3-4-13/h6,13H,1-5H2. The van der Waals surface area contributed by atoms with Crippen LogP contribution in [0.2, 0.25) is 0 Å². The summed E-state index contributed by atoms with van der Waals surface area (Å²) < 4.78 is 9.75. The molecule has 0 N–H and O–H groups in total. The molecular weight excluding hydrogens is 192 g/mol. The third-order valence-electron chi connectivity index (χ3n) is 1.71. The average molecular weight is 204 g/mol. The SMILES string of the molecule is O=C1CCC(OC(=O)CCS)CO1. The molecule has 1 heterocycles. The minimum Gasteiger partial charge on any atom is -0.462 e. The first-order chi connectivity index (χ1) is 6.22. The number of ether oxygens (including phenoxy) is 2. The number of carbonyl (C=O) groups excluding carboxylic acids is 2. The molecule has 1 aliphatic rings. The molecule has 4 nitrogen and oxygen atoms in total. The van der Waals surface area contributed by atoms with Crippen molar-refractivity contribution in [2.75, 3.05) is 12.4 Å². The number of hydrogen-bond donors (Lipinski definition) is 1. The van der Waals surface area contributed by atoms with Gasteiger partial charge in [-0.15, -0.1) is 0 Å². The summed E-state index contributed by atoms with van der Waals surface area (Å²) in [4.78, 5) is 21.6. The molecule has 1 saturated heterocycles. The van der Waals surface area contributed by atoms with Crippen LogP contribution in [0.5, 0.6) is 0 Å². The Hall–Kier alpha value is -0.710. The zero-order valence-electron chi connectivity index (χ0n) is 7.19. The Morgan fingerprint density at radius 2 is 2.46 bits per heavy atom. The number of carbonyl (C=O) groups is 2. The van der Waals surface area contributed by atoms with Gasteiger partial charge in [0, 0.05) is 12.2 Å². The highest BCUT2D eigenvalue weighted by molar-refractivity contribution is 7.80. The molecule has 1 aliphatic heterocycles. The second kappa shape index (κ2) is 5.11. The molecule has 1 fully saturated rings. The largest absolute Gasteiger partial charge is 0.462 e. The van der Waals surface area contributed by atoms with E-state index in [1.165, 1.54) is 0 Å². The van der Waals surface area contributed by atoms with Crippen molar-refractivity contribution in [3.63, 3.8) is 0 Å². The van der Waals surface area contributed by atoms with Gasteiger partial charge in [0.1, 0.15) is 12.7 Å². The highest BCUT2D eigenvalue weighted by atomic mass is 32.1. The molecule has 1 unspecified atom stereocenters. The van der Waals surface area contributed by atoms with Gasteiger partial charge in [0.2, 0.25) is 0 Å². The molecule has 74 valence electrons. The number of rotatable bonds is 3. The summed E-state index contributed by atoms with van der Waals surface area (Å²) in [6.45, 7) is 0.192. The highest BCUT2D eigenvalue weighted by Crippen LogP contribution is 2.11. The van der Waals surface area contributed by atoms with E-state index < -0.39 is 0 Å². The zero-order valence-corrected chi connectivity index (χ0v) is 8.09. The molecule has 0 radical (unpaired) electrons. The van der Waals surface area contributed by atoms with Gasteiger partial charge in [-0.3, -0.25) is 9.59 Å².